The summed E-state index contributed by atoms with van der Waals surface area (Å²) in [5.41, 5.74) is -0.238. The highest BCUT2D eigenvalue weighted by molar-refractivity contribution is 4.89. The molecule has 0 atom stereocenters. The normalized spacial score (nSPS) is 21.4. The van der Waals surface area contributed by atoms with Gasteiger partial charge >= 0.3 is 0 Å². The molecule has 14 heavy (non-hydrogen) atoms. The largest absolute Gasteiger partial charge is 0.389 e. The molecule has 1 aliphatic rings. The first kappa shape index (κ1) is 12.0. The minimum absolute atomic E-state index is 0.174. The topological polar surface area (TPSA) is 32.3 Å². The van der Waals surface area contributed by atoms with E-state index in [4.69, 9.17) is 0 Å². The van der Waals surface area contributed by atoms with Crippen molar-refractivity contribution in [3.63, 3.8) is 0 Å². The fraction of sp³-hybridized carbons (Fsp3) is 1.00. The maximum Gasteiger partial charge on any atom is 0.0771 e. The van der Waals surface area contributed by atoms with Crippen molar-refractivity contribution in [2.45, 2.75) is 70.4 Å². The van der Waals surface area contributed by atoms with E-state index in [1.807, 2.05) is 0 Å². The van der Waals surface area contributed by atoms with Gasteiger partial charge < -0.3 is 10.4 Å². The Bertz CT molecular complexity index is 171. The summed E-state index contributed by atoms with van der Waals surface area (Å²) in [6, 6.07) is 0. The third-order valence-electron chi connectivity index (χ3n) is 3.31. The summed E-state index contributed by atoms with van der Waals surface area (Å²) in [6.45, 7) is 7.40. The van der Waals surface area contributed by atoms with Crippen LogP contribution in [0.5, 0.6) is 0 Å². The van der Waals surface area contributed by atoms with E-state index in [2.05, 4.69) is 26.1 Å². The molecule has 1 fully saturated rings. The van der Waals surface area contributed by atoms with E-state index >= 15 is 0 Å². The van der Waals surface area contributed by atoms with Gasteiger partial charge in [0.2, 0.25) is 0 Å². The van der Waals surface area contributed by atoms with Crippen molar-refractivity contribution < 1.29 is 5.11 Å². The first-order chi connectivity index (χ1) is 6.47. The fourth-order valence-corrected chi connectivity index (χ4v) is 2.33. The molecule has 1 rings (SSSR count). The molecule has 84 valence electrons. The molecule has 2 N–H and O–H groups in total. The molecular weight excluding hydrogens is 174 g/mol. The van der Waals surface area contributed by atoms with Gasteiger partial charge in [-0.1, -0.05) is 26.2 Å². The van der Waals surface area contributed by atoms with E-state index < -0.39 is 5.60 Å². The van der Waals surface area contributed by atoms with Crippen LogP contribution in [0.4, 0.5) is 0 Å². The molecular formula is C12H25NO. The predicted molar refractivity (Wildman–Crippen MR) is 60.4 cm³/mol. The van der Waals surface area contributed by atoms with Crippen LogP contribution in [-0.2, 0) is 0 Å². The lowest BCUT2D eigenvalue weighted by Crippen LogP contribution is -2.47. The van der Waals surface area contributed by atoms with Crippen LogP contribution >= 0.6 is 0 Å². The first-order valence-electron chi connectivity index (χ1n) is 5.95. The van der Waals surface area contributed by atoms with E-state index in [-0.39, 0.29) is 5.54 Å². The quantitative estimate of drug-likeness (QED) is 0.713. The Kier molecular flexibility index (Phi) is 3.96. The molecule has 0 unspecified atom stereocenters. The SMILES string of the molecule is CCCC(C)(C)NCC1(O)CCCC1. The molecule has 0 aromatic carbocycles. The van der Waals surface area contributed by atoms with Crippen molar-refractivity contribution in [2.75, 3.05) is 6.54 Å². The summed E-state index contributed by atoms with van der Waals surface area (Å²) >= 11 is 0. The van der Waals surface area contributed by atoms with E-state index in [0.717, 1.165) is 19.4 Å². The van der Waals surface area contributed by atoms with Crippen LogP contribution in [0.1, 0.15) is 59.3 Å². The zero-order chi connectivity index (χ0) is 10.7. The minimum Gasteiger partial charge on any atom is -0.389 e. The zero-order valence-corrected chi connectivity index (χ0v) is 9.90. The lowest BCUT2D eigenvalue weighted by molar-refractivity contribution is 0.0398. The van der Waals surface area contributed by atoms with Gasteiger partial charge in [-0.25, -0.2) is 0 Å². The Balaban J connectivity index is 2.31. The molecule has 0 spiro atoms. The van der Waals surface area contributed by atoms with Gasteiger partial charge in [-0.2, -0.15) is 0 Å². The van der Waals surface area contributed by atoms with Crippen molar-refractivity contribution in [3.05, 3.63) is 0 Å². The number of nitrogens with one attached hydrogen (secondary N) is 1. The molecule has 0 aromatic rings. The summed E-state index contributed by atoms with van der Waals surface area (Å²) in [5, 5.41) is 13.7. The Hall–Kier alpha value is -0.0800. The minimum atomic E-state index is -0.412. The molecule has 2 nitrogen and oxygen atoms in total. The van der Waals surface area contributed by atoms with Crippen molar-refractivity contribution in [1.82, 2.24) is 5.32 Å². The summed E-state index contributed by atoms with van der Waals surface area (Å²) in [7, 11) is 0. The Morgan fingerprint density at radius 2 is 1.86 bits per heavy atom. The number of rotatable bonds is 5. The maximum atomic E-state index is 10.2. The average Bonchev–Trinajstić information content (AvgIpc) is 2.50. The number of β-amino-alcohol motifs (C(OH)–C–C–N with tert-alkyl or cyclic N) is 1. The molecule has 1 aliphatic carbocycles. The number of hydrogen-bond acceptors (Lipinski definition) is 2. The standard InChI is InChI=1S/C12H25NO/c1-4-7-11(2,3)13-10-12(14)8-5-6-9-12/h13-14H,4-10H2,1-3H3. The molecule has 0 bridgehead atoms. The molecule has 0 radical (unpaired) electrons. The second-order valence-electron chi connectivity index (χ2n) is 5.42. The van der Waals surface area contributed by atoms with Gasteiger partial charge in [-0.05, 0) is 33.1 Å². The molecule has 0 amide bonds. The maximum absolute atomic E-state index is 10.2. The molecule has 0 heterocycles. The fourth-order valence-electron chi connectivity index (χ4n) is 2.33. The molecule has 0 aromatic heterocycles. The molecule has 0 aliphatic heterocycles. The highest BCUT2D eigenvalue weighted by Gasteiger charge is 2.32. The summed E-state index contributed by atoms with van der Waals surface area (Å²) in [5.74, 6) is 0. The van der Waals surface area contributed by atoms with Crippen molar-refractivity contribution in [2.24, 2.45) is 0 Å². The van der Waals surface area contributed by atoms with Crippen LogP contribution < -0.4 is 5.32 Å². The van der Waals surface area contributed by atoms with Crippen LogP contribution in [-0.4, -0.2) is 22.8 Å². The van der Waals surface area contributed by atoms with Gasteiger partial charge in [0, 0.05) is 12.1 Å². The smallest absolute Gasteiger partial charge is 0.0771 e. The number of aliphatic hydroxyl groups is 1. The van der Waals surface area contributed by atoms with Crippen LogP contribution in [0.15, 0.2) is 0 Å². The van der Waals surface area contributed by atoms with Crippen LogP contribution in [0.2, 0.25) is 0 Å². The second kappa shape index (κ2) is 4.63. The van der Waals surface area contributed by atoms with Gasteiger partial charge in [0.15, 0.2) is 0 Å². The van der Waals surface area contributed by atoms with E-state index in [1.54, 1.807) is 0 Å². The Morgan fingerprint density at radius 3 is 2.36 bits per heavy atom. The lowest BCUT2D eigenvalue weighted by Gasteiger charge is -2.31. The van der Waals surface area contributed by atoms with Crippen LogP contribution in [0.3, 0.4) is 0 Å². The molecule has 0 saturated heterocycles. The Morgan fingerprint density at radius 1 is 1.29 bits per heavy atom. The van der Waals surface area contributed by atoms with E-state index in [0.29, 0.717) is 0 Å². The highest BCUT2D eigenvalue weighted by Crippen LogP contribution is 2.29. The first-order valence-corrected chi connectivity index (χ1v) is 5.95. The monoisotopic (exact) mass is 199 g/mol. The second-order valence-corrected chi connectivity index (χ2v) is 5.42. The van der Waals surface area contributed by atoms with Crippen LogP contribution in [0.25, 0.3) is 0 Å². The summed E-state index contributed by atoms with van der Waals surface area (Å²) < 4.78 is 0. The third kappa shape index (κ3) is 3.58. The van der Waals surface area contributed by atoms with Gasteiger partial charge in [0.05, 0.1) is 5.60 Å². The van der Waals surface area contributed by atoms with Gasteiger partial charge in [0.1, 0.15) is 0 Å². The molecule has 1 saturated carbocycles. The zero-order valence-electron chi connectivity index (χ0n) is 9.90. The van der Waals surface area contributed by atoms with Crippen molar-refractivity contribution >= 4 is 0 Å². The van der Waals surface area contributed by atoms with E-state index in [1.165, 1.54) is 25.7 Å². The Labute approximate surface area is 88.1 Å². The van der Waals surface area contributed by atoms with Gasteiger partial charge in [-0.15, -0.1) is 0 Å². The number of hydrogen-bond donors (Lipinski definition) is 2. The van der Waals surface area contributed by atoms with Crippen molar-refractivity contribution in [3.8, 4) is 0 Å². The third-order valence-corrected chi connectivity index (χ3v) is 3.31. The van der Waals surface area contributed by atoms with E-state index in [9.17, 15) is 5.11 Å². The van der Waals surface area contributed by atoms with Crippen molar-refractivity contribution in [1.29, 1.82) is 0 Å². The predicted octanol–water partition coefficient (Wildman–Crippen LogP) is 2.46. The highest BCUT2D eigenvalue weighted by atomic mass is 16.3. The average molecular weight is 199 g/mol. The summed E-state index contributed by atoms with van der Waals surface area (Å²) in [4.78, 5) is 0. The summed E-state index contributed by atoms with van der Waals surface area (Å²) in [6.07, 6.45) is 6.69. The molecule has 2 heteroatoms. The van der Waals surface area contributed by atoms with Gasteiger partial charge in [0.25, 0.3) is 0 Å². The lowest BCUT2D eigenvalue weighted by atomic mass is 9.95. The van der Waals surface area contributed by atoms with Gasteiger partial charge in [-0.3, -0.25) is 0 Å². The van der Waals surface area contributed by atoms with Crippen LogP contribution in [0, 0.1) is 0 Å².